The third kappa shape index (κ3) is 3.35. The lowest BCUT2D eigenvalue weighted by molar-refractivity contribution is 0.0650. The molecule has 0 aliphatic carbocycles. The minimum absolute atomic E-state index is 0.00758. The van der Waals surface area contributed by atoms with E-state index in [1.165, 1.54) is 0 Å². The molecule has 0 spiro atoms. The first-order chi connectivity index (χ1) is 8.69. The maximum absolute atomic E-state index is 5.63. The van der Waals surface area contributed by atoms with E-state index in [0.717, 1.165) is 23.5 Å². The average Bonchev–Trinajstić information content (AvgIpc) is 2.43. The summed E-state index contributed by atoms with van der Waals surface area (Å²) in [7, 11) is 4.92. The van der Waals surface area contributed by atoms with Crippen LogP contribution in [-0.4, -0.2) is 27.4 Å². The zero-order chi connectivity index (χ0) is 13.5. The highest BCUT2D eigenvalue weighted by Gasteiger charge is 2.21. The predicted octanol–water partition coefficient (Wildman–Crippen LogP) is 1.63. The number of hydrogen-bond donors (Lipinski definition) is 2. The van der Waals surface area contributed by atoms with Gasteiger partial charge in [-0.2, -0.15) is 0 Å². The van der Waals surface area contributed by atoms with Crippen molar-refractivity contribution in [1.29, 1.82) is 0 Å². The summed E-state index contributed by atoms with van der Waals surface area (Å²) in [5, 5.41) is 0. The topological polar surface area (TPSA) is 65.7 Å². The molecule has 0 bridgehead atoms. The second-order valence-electron chi connectivity index (χ2n) is 3.97. The molecule has 5 heteroatoms. The van der Waals surface area contributed by atoms with Gasteiger partial charge < -0.3 is 14.2 Å². The van der Waals surface area contributed by atoms with Crippen LogP contribution in [0.2, 0.25) is 0 Å². The van der Waals surface area contributed by atoms with Crippen LogP contribution in [0.5, 0.6) is 11.5 Å². The van der Waals surface area contributed by atoms with E-state index in [4.69, 9.17) is 20.1 Å². The Labute approximate surface area is 108 Å². The third-order valence-electron chi connectivity index (χ3n) is 2.99. The number of hydrazine groups is 1. The fourth-order valence-electron chi connectivity index (χ4n) is 1.97. The Hall–Kier alpha value is -1.30. The summed E-state index contributed by atoms with van der Waals surface area (Å²) in [6, 6.07) is 5.57. The summed E-state index contributed by atoms with van der Waals surface area (Å²) in [5.41, 5.74) is 3.76. The Morgan fingerprint density at radius 3 is 2.00 bits per heavy atom. The Kier molecular flexibility index (Phi) is 5.91. The summed E-state index contributed by atoms with van der Waals surface area (Å²) >= 11 is 0. The van der Waals surface area contributed by atoms with E-state index >= 15 is 0 Å². The van der Waals surface area contributed by atoms with Gasteiger partial charge in [0.2, 0.25) is 0 Å². The molecule has 2 unspecified atom stereocenters. The highest BCUT2D eigenvalue weighted by molar-refractivity contribution is 5.40. The largest absolute Gasteiger partial charge is 0.497 e. The first kappa shape index (κ1) is 14.8. The maximum atomic E-state index is 5.63. The zero-order valence-corrected chi connectivity index (χ0v) is 11.4. The van der Waals surface area contributed by atoms with Crippen molar-refractivity contribution in [1.82, 2.24) is 5.43 Å². The van der Waals surface area contributed by atoms with E-state index in [2.05, 4.69) is 12.3 Å². The van der Waals surface area contributed by atoms with Crippen LogP contribution in [0.15, 0.2) is 18.2 Å². The van der Waals surface area contributed by atoms with Gasteiger partial charge >= 0.3 is 0 Å². The van der Waals surface area contributed by atoms with Crippen LogP contribution in [0, 0.1) is 0 Å². The summed E-state index contributed by atoms with van der Waals surface area (Å²) in [5.74, 6) is 7.09. The van der Waals surface area contributed by atoms with Gasteiger partial charge in [0.05, 0.1) is 26.4 Å². The van der Waals surface area contributed by atoms with Crippen LogP contribution in [0.3, 0.4) is 0 Å². The van der Waals surface area contributed by atoms with Gasteiger partial charge in [-0.05, 0) is 24.1 Å². The zero-order valence-electron chi connectivity index (χ0n) is 11.4. The summed E-state index contributed by atoms with van der Waals surface area (Å²) in [6.07, 6.45) is 0.844. The second-order valence-corrected chi connectivity index (χ2v) is 3.97. The molecule has 102 valence electrons. The first-order valence-electron chi connectivity index (χ1n) is 5.92. The molecular weight excluding hydrogens is 232 g/mol. The number of nitrogens with one attached hydrogen (secondary N) is 1. The van der Waals surface area contributed by atoms with E-state index in [1.54, 1.807) is 21.3 Å². The monoisotopic (exact) mass is 254 g/mol. The smallest absolute Gasteiger partial charge is 0.122 e. The number of ether oxygens (including phenoxy) is 3. The lowest BCUT2D eigenvalue weighted by Gasteiger charge is -2.25. The Balaban J connectivity index is 3.11. The SMILES string of the molecule is CCC(OC)C(NN)c1cc(OC)cc(OC)c1. The van der Waals surface area contributed by atoms with Gasteiger partial charge in [0.25, 0.3) is 0 Å². The number of benzene rings is 1. The summed E-state index contributed by atoms with van der Waals surface area (Å²) < 4.78 is 15.9. The fourth-order valence-corrected chi connectivity index (χ4v) is 1.97. The second kappa shape index (κ2) is 7.20. The highest BCUT2D eigenvalue weighted by Crippen LogP contribution is 2.29. The van der Waals surface area contributed by atoms with Gasteiger partial charge in [-0.25, -0.2) is 0 Å². The van der Waals surface area contributed by atoms with Crippen molar-refractivity contribution >= 4 is 0 Å². The predicted molar refractivity (Wildman–Crippen MR) is 70.7 cm³/mol. The normalized spacial score (nSPS) is 14.1. The van der Waals surface area contributed by atoms with Crippen LogP contribution in [0.4, 0.5) is 0 Å². The minimum Gasteiger partial charge on any atom is -0.497 e. The molecule has 0 aliphatic rings. The number of nitrogens with two attached hydrogens (primary N) is 1. The first-order valence-corrected chi connectivity index (χ1v) is 5.92. The maximum Gasteiger partial charge on any atom is 0.122 e. The van der Waals surface area contributed by atoms with Crippen LogP contribution in [-0.2, 0) is 4.74 Å². The van der Waals surface area contributed by atoms with Gasteiger partial charge in [0.15, 0.2) is 0 Å². The van der Waals surface area contributed by atoms with E-state index < -0.39 is 0 Å². The van der Waals surface area contributed by atoms with Crippen molar-refractivity contribution < 1.29 is 14.2 Å². The number of hydrogen-bond acceptors (Lipinski definition) is 5. The van der Waals surface area contributed by atoms with Gasteiger partial charge in [0, 0.05) is 13.2 Å². The van der Waals surface area contributed by atoms with Crippen molar-refractivity contribution in [3.63, 3.8) is 0 Å². The van der Waals surface area contributed by atoms with E-state index in [0.29, 0.717) is 0 Å². The molecule has 0 saturated carbocycles. The Morgan fingerprint density at radius 2 is 1.67 bits per heavy atom. The molecule has 0 saturated heterocycles. The lowest BCUT2D eigenvalue weighted by Crippen LogP contribution is -2.37. The van der Waals surface area contributed by atoms with Gasteiger partial charge in [-0.3, -0.25) is 11.3 Å². The molecular formula is C13H22N2O3. The van der Waals surface area contributed by atoms with Crippen LogP contribution in [0.25, 0.3) is 0 Å². The minimum atomic E-state index is -0.107. The molecule has 3 N–H and O–H groups in total. The van der Waals surface area contributed by atoms with Gasteiger partial charge in [0.1, 0.15) is 11.5 Å². The Bertz CT molecular complexity index is 345. The molecule has 0 radical (unpaired) electrons. The molecule has 1 aromatic rings. The summed E-state index contributed by atoms with van der Waals surface area (Å²) in [4.78, 5) is 0. The molecule has 2 atom stereocenters. The van der Waals surface area contributed by atoms with Gasteiger partial charge in [-0.1, -0.05) is 6.92 Å². The van der Waals surface area contributed by atoms with Crippen molar-refractivity contribution in [2.24, 2.45) is 5.84 Å². The molecule has 0 fully saturated rings. The number of rotatable bonds is 7. The van der Waals surface area contributed by atoms with Crippen LogP contribution >= 0.6 is 0 Å². The van der Waals surface area contributed by atoms with E-state index in [1.807, 2.05) is 18.2 Å². The summed E-state index contributed by atoms with van der Waals surface area (Å²) in [6.45, 7) is 2.05. The molecule has 0 aliphatic heterocycles. The molecule has 0 aromatic heterocycles. The van der Waals surface area contributed by atoms with Crippen molar-refractivity contribution in [2.45, 2.75) is 25.5 Å². The van der Waals surface area contributed by atoms with Crippen molar-refractivity contribution in [3.05, 3.63) is 23.8 Å². The molecule has 5 nitrogen and oxygen atoms in total. The van der Waals surface area contributed by atoms with Crippen molar-refractivity contribution in [2.75, 3.05) is 21.3 Å². The standard InChI is InChI=1S/C13H22N2O3/c1-5-12(18-4)13(15-14)9-6-10(16-2)8-11(7-9)17-3/h6-8,12-13,15H,5,14H2,1-4H3. The lowest BCUT2D eigenvalue weighted by atomic mass is 9.99. The quantitative estimate of drug-likeness (QED) is 0.572. The van der Waals surface area contributed by atoms with Gasteiger partial charge in [-0.15, -0.1) is 0 Å². The fraction of sp³-hybridized carbons (Fsp3) is 0.538. The van der Waals surface area contributed by atoms with E-state index in [9.17, 15) is 0 Å². The molecule has 0 heterocycles. The third-order valence-corrected chi connectivity index (χ3v) is 2.99. The van der Waals surface area contributed by atoms with E-state index in [-0.39, 0.29) is 12.1 Å². The Morgan fingerprint density at radius 1 is 1.11 bits per heavy atom. The highest BCUT2D eigenvalue weighted by atomic mass is 16.5. The molecule has 1 aromatic carbocycles. The number of methoxy groups -OCH3 is 3. The average molecular weight is 254 g/mol. The van der Waals surface area contributed by atoms with Crippen LogP contribution in [0.1, 0.15) is 24.9 Å². The van der Waals surface area contributed by atoms with Crippen molar-refractivity contribution in [3.8, 4) is 11.5 Å². The molecule has 18 heavy (non-hydrogen) atoms. The van der Waals surface area contributed by atoms with Crippen LogP contribution < -0.4 is 20.7 Å². The molecule has 0 amide bonds. The molecule has 1 rings (SSSR count).